The number of nitrogens with zero attached hydrogens (tertiary/aromatic N) is 1. The first-order valence-corrected chi connectivity index (χ1v) is 5.69. The van der Waals surface area contributed by atoms with Crippen LogP contribution in [0.2, 0.25) is 0 Å². The normalized spacial score (nSPS) is 13.6. The lowest BCUT2D eigenvalue weighted by Crippen LogP contribution is -2.47. The van der Waals surface area contributed by atoms with Gasteiger partial charge in [0.25, 0.3) is 5.91 Å². The minimum atomic E-state index is -1.24. The Kier molecular flexibility index (Phi) is 4.26. The van der Waals surface area contributed by atoms with Gasteiger partial charge in [-0.2, -0.15) is 5.26 Å². The topological polar surface area (TPSA) is 73.1 Å². The monoisotopic (exact) mass is 330 g/mol. The Morgan fingerprint density at radius 1 is 1.56 bits per heavy atom. The smallest absolute Gasteiger partial charge is 0.252 e. The summed E-state index contributed by atoms with van der Waals surface area (Å²) in [6.07, 6.45) is 0. The second kappa shape index (κ2) is 5.27. The van der Waals surface area contributed by atoms with E-state index < -0.39 is 12.1 Å². The summed E-state index contributed by atoms with van der Waals surface area (Å²) in [6, 6.07) is 8.81. The van der Waals surface area contributed by atoms with E-state index in [1.807, 2.05) is 6.07 Å². The van der Waals surface area contributed by atoms with Crippen LogP contribution in [0, 0.1) is 14.9 Å². The van der Waals surface area contributed by atoms with Crippen molar-refractivity contribution >= 4 is 28.5 Å². The van der Waals surface area contributed by atoms with E-state index in [1.165, 1.54) is 6.92 Å². The first kappa shape index (κ1) is 12.9. The van der Waals surface area contributed by atoms with Gasteiger partial charge in [0, 0.05) is 9.13 Å². The molecule has 1 amide bonds. The highest BCUT2D eigenvalue weighted by molar-refractivity contribution is 14.1. The van der Waals surface area contributed by atoms with E-state index in [1.54, 1.807) is 24.3 Å². The van der Waals surface area contributed by atoms with Crippen molar-refractivity contribution in [2.75, 3.05) is 6.61 Å². The Bertz CT molecular complexity index is 425. The molecule has 0 fully saturated rings. The number of benzene rings is 1. The van der Waals surface area contributed by atoms with Crippen LogP contribution in [0.1, 0.15) is 17.3 Å². The van der Waals surface area contributed by atoms with Crippen LogP contribution in [0.15, 0.2) is 24.3 Å². The van der Waals surface area contributed by atoms with Crippen molar-refractivity contribution in [3.63, 3.8) is 0 Å². The lowest BCUT2D eigenvalue weighted by Gasteiger charge is -2.20. The zero-order valence-electron chi connectivity index (χ0n) is 8.70. The minimum Gasteiger partial charge on any atom is -0.393 e. The molecule has 2 N–H and O–H groups in total. The third kappa shape index (κ3) is 3.18. The zero-order valence-corrected chi connectivity index (χ0v) is 10.9. The Labute approximate surface area is 107 Å². The van der Waals surface area contributed by atoms with E-state index >= 15 is 0 Å². The number of nitrogens with one attached hydrogen (secondary N) is 1. The summed E-state index contributed by atoms with van der Waals surface area (Å²) in [5.41, 5.74) is -0.768. The molecule has 0 aliphatic rings. The van der Waals surface area contributed by atoms with Crippen molar-refractivity contribution < 1.29 is 9.90 Å². The van der Waals surface area contributed by atoms with Gasteiger partial charge in [0.15, 0.2) is 0 Å². The van der Waals surface area contributed by atoms with Crippen LogP contribution in [0.4, 0.5) is 0 Å². The molecule has 0 aliphatic carbocycles. The number of amides is 1. The number of hydrogen-bond donors (Lipinski definition) is 2. The van der Waals surface area contributed by atoms with Gasteiger partial charge in [-0.25, -0.2) is 0 Å². The summed E-state index contributed by atoms with van der Waals surface area (Å²) >= 11 is 2.14. The molecule has 1 aromatic rings. The highest BCUT2D eigenvalue weighted by Crippen LogP contribution is 2.08. The highest BCUT2D eigenvalue weighted by atomic mass is 127. The second-order valence-corrected chi connectivity index (χ2v) is 4.81. The van der Waals surface area contributed by atoms with Crippen LogP contribution in [0.3, 0.4) is 0 Å². The third-order valence-corrected chi connectivity index (χ3v) is 2.78. The standard InChI is InChI=1S/C11H11IN2O2/c1-11(6-13,7-15)14-10(16)8-2-4-9(12)5-3-8/h2-5,15H,7H2,1H3,(H,14,16). The lowest BCUT2D eigenvalue weighted by atomic mass is 10.1. The molecule has 0 aromatic heterocycles. The summed E-state index contributed by atoms with van der Waals surface area (Å²) < 4.78 is 1.03. The molecule has 16 heavy (non-hydrogen) atoms. The maximum Gasteiger partial charge on any atom is 0.252 e. The van der Waals surface area contributed by atoms with E-state index in [4.69, 9.17) is 10.4 Å². The molecule has 1 atom stereocenters. The van der Waals surface area contributed by atoms with Gasteiger partial charge in [-0.15, -0.1) is 0 Å². The van der Waals surface area contributed by atoms with Crippen LogP contribution in [0.5, 0.6) is 0 Å². The Morgan fingerprint density at radius 3 is 2.56 bits per heavy atom. The summed E-state index contributed by atoms with van der Waals surface area (Å²) in [5, 5.41) is 20.3. The number of aliphatic hydroxyl groups excluding tert-OH is 1. The summed E-state index contributed by atoms with van der Waals surface area (Å²) in [5.74, 6) is -0.366. The Morgan fingerprint density at radius 2 is 2.12 bits per heavy atom. The molecule has 84 valence electrons. The van der Waals surface area contributed by atoms with Crippen molar-refractivity contribution in [3.8, 4) is 6.07 Å². The molecule has 1 rings (SSSR count). The molecule has 0 heterocycles. The van der Waals surface area contributed by atoms with Crippen LogP contribution in [-0.4, -0.2) is 23.2 Å². The SMILES string of the molecule is CC(C#N)(CO)NC(=O)c1ccc(I)cc1. The predicted octanol–water partition coefficient (Wildman–Crippen LogP) is 1.30. The first-order valence-electron chi connectivity index (χ1n) is 4.61. The molecule has 5 heteroatoms. The number of aliphatic hydroxyl groups is 1. The Balaban J connectivity index is 2.81. The van der Waals surface area contributed by atoms with Gasteiger partial charge in [-0.3, -0.25) is 4.79 Å². The highest BCUT2D eigenvalue weighted by Gasteiger charge is 2.25. The third-order valence-electron chi connectivity index (χ3n) is 2.06. The number of hydrogen-bond acceptors (Lipinski definition) is 3. The molecule has 0 radical (unpaired) electrons. The molecule has 0 bridgehead atoms. The fraction of sp³-hybridized carbons (Fsp3) is 0.273. The van der Waals surface area contributed by atoms with Crippen molar-refractivity contribution in [3.05, 3.63) is 33.4 Å². The number of nitriles is 1. The van der Waals surface area contributed by atoms with Crippen LogP contribution < -0.4 is 5.32 Å². The van der Waals surface area contributed by atoms with Crippen molar-refractivity contribution in [1.82, 2.24) is 5.32 Å². The number of halogens is 1. The van der Waals surface area contributed by atoms with Gasteiger partial charge in [0.05, 0.1) is 12.7 Å². The molecule has 0 aliphatic heterocycles. The van der Waals surface area contributed by atoms with Crippen LogP contribution >= 0.6 is 22.6 Å². The fourth-order valence-corrected chi connectivity index (χ4v) is 1.39. The number of rotatable bonds is 3. The van der Waals surface area contributed by atoms with Crippen LogP contribution in [0.25, 0.3) is 0 Å². The molecular weight excluding hydrogens is 319 g/mol. The average molecular weight is 330 g/mol. The van der Waals surface area contributed by atoms with E-state index in [9.17, 15) is 4.79 Å². The lowest BCUT2D eigenvalue weighted by molar-refractivity contribution is 0.0893. The first-order chi connectivity index (χ1) is 7.50. The van der Waals surface area contributed by atoms with Gasteiger partial charge in [0.1, 0.15) is 5.54 Å². The van der Waals surface area contributed by atoms with E-state index in [-0.39, 0.29) is 5.91 Å². The van der Waals surface area contributed by atoms with E-state index in [2.05, 4.69) is 27.9 Å². The van der Waals surface area contributed by atoms with Crippen molar-refractivity contribution in [1.29, 1.82) is 5.26 Å². The predicted molar refractivity (Wildman–Crippen MR) is 67.7 cm³/mol. The summed E-state index contributed by atoms with van der Waals surface area (Å²) in [7, 11) is 0. The largest absolute Gasteiger partial charge is 0.393 e. The van der Waals surface area contributed by atoms with Gasteiger partial charge >= 0.3 is 0 Å². The number of carbonyl (C=O) groups is 1. The van der Waals surface area contributed by atoms with Gasteiger partial charge < -0.3 is 10.4 Å². The maximum atomic E-state index is 11.7. The maximum absolute atomic E-state index is 11.7. The molecule has 0 saturated heterocycles. The zero-order chi connectivity index (χ0) is 12.2. The minimum absolute atomic E-state index is 0.366. The van der Waals surface area contributed by atoms with Crippen molar-refractivity contribution in [2.24, 2.45) is 0 Å². The van der Waals surface area contributed by atoms with Crippen molar-refractivity contribution in [2.45, 2.75) is 12.5 Å². The van der Waals surface area contributed by atoms with E-state index in [0.29, 0.717) is 5.56 Å². The molecular formula is C11H11IN2O2. The van der Waals surface area contributed by atoms with Gasteiger partial charge in [-0.05, 0) is 53.8 Å². The molecule has 1 unspecified atom stereocenters. The Hall–Kier alpha value is -1.13. The average Bonchev–Trinajstić information content (AvgIpc) is 2.29. The molecule has 0 spiro atoms. The van der Waals surface area contributed by atoms with Gasteiger partial charge in [-0.1, -0.05) is 0 Å². The summed E-state index contributed by atoms with van der Waals surface area (Å²) in [4.78, 5) is 11.7. The quantitative estimate of drug-likeness (QED) is 0.821. The van der Waals surface area contributed by atoms with Crippen LogP contribution in [-0.2, 0) is 0 Å². The fourth-order valence-electron chi connectivity index (χ4n) is 1.03. The number of carbonyl (C=O) groups excluding carboxylic acids is 1. The van der Waals surface area contributed by atoms with E-state index in [0.717, 1.165) is 3.57 Å². The molecule has 4 nitrogen and oxygen atoms in total. The molecule has 1 aromatic carbocycles. The van der Waals surface area contributed by atoms with Gasteiger partial charge in [0.2, 0.25) is 0 Å². The molecule has 0 saturated carbocycles. The summed E-state index contributed by atoms with van der Waals surface area (Å²) in [6.45, 7) is 1.05. The second-order valence-electron chi connectivity index (χ2n) is 3.56.